The predicted molar refractivity (Wildman–Crippen MR) is 88.7 cm³/mol. The van der Waals surface area contributed by atoms with E-state index in [-0.39, 0.29) is 0 Å². The molecule has 1 aliphatic rings. The van der Waals surface area contributed by atoms with Crippen LogP contribution in [0.4, 0.5) is 5.69 Å². The van der Waals surface area contributed by atoms with Gasteiger partial charge in [0.15, 0.2) is 0 Å². The number of thiocarbonyl (C=S) groups is 1. The number of nitrogens with two attached hydrogens (primary N) is 1. The van der Waals surface area contributed by atoms with Crippen molar-refractivity contribution in [2.45, 2.75) is 12.8 Å². The highest BCUT2D eigenvalue weighted by Crippen LogP contribution is 2.25. The molecule has 1 fully saturated rings. The lowest BCUT2D eigenvalue weighted by atomic mass is 9.98. The van der Waals surface area contributed by atoms with E-state index in [0.29, 0.717) is 4.99 Å². The SMILES string of the molecule is CN1CCCC(CNc2ccc(C(N)=S)cc2Br)C1. The van der Waals surface area contributed by atoms with E-state index in [1.165, 1.54) is 25.9 Å². The number of rotatable bonds is 4. The molecular formula is C14H20BrN3S. The first-order valence-electron chi connectivity index (χ1n) is 6.58. The largest absolute Gasteiger partial charge is 0.389 e. The Hall–Kier alpha value is -0.650. The van der Waals surface area contributed by atoms with Crippen LogP contribution < -0.4 is 11.1 Å². The number of nitrogens with zero attached hydrogens (tertiary/aromatic N) is 1. The van der Waals surface area contributed by atoms with Crippen molar-refractivity contribution < 1.29 is 0 Å². The fourth-order valence-electron chi connectivity index (χ4n) is 2.51. The van der Waals surface area contributed by atoms with Gasteiger partial charge in [0.25, 0.3) is 0 Å². The third-order valence-electron chi connectivity index (χ3n) is 3.56. The molecule has 104 valence electrons. The van der Waals surface area contributed by atoms with E-state index in [2.05, 4.69) is 33.2 Å². The standard InChI is InChI=1S/C14H20BrN3S/c1-18-6-2-3-10(9-18)8-17-13-5-4-11(14(16)19)7-12(13)15/h4-5,7,10,17H,2-3,6,8-9H2,1H3,(H2,16,19). The normalized spacial score (nSPS) is 20.2. The molecule has 3 nitrogen and oxygen atoms in total. The number of benzene rings is 1. The van der Waals surface area contributed by atoms with Crippen LogP contribution in [0.5, 0.6) is 0 Å². The van der Waals surface area contributed by atoms with Crippen molar-refractivity contribution in [2.75, 3.05) is 32.0 Å². The molecule has 1 saturated heterocycles. The summed E-state index contributed by atoms with van der Waals surface area (Å²) in [5, 5.41) is 3.51. The summed E-state index contributed by atoms with van der Waals surface area (Å²) in [5.74, 6) is 0.723. The average Bonchev–Trinajstić information content (AvgIpc) is 2.37. The zero-order valence-electron chi connectivity index (χ0n) is 11.2. The summed E-state index contributed by atoms with van der Waals surface area (Å²) in [4.78, 5) is 2.84. The molecule has 1 aromatic rings. The summed E-state index contributed by atoms with van der Waals surface area (Å²) in [6.45, 7) is 3.41. The summed E-state index contributed by atoms with van der Waals surface area (Å²) < 4.78 is 1.02. The van der Waals surface area contributed by atoms with Crippen LogP contribution in [-0.2, 0) is 0 Å². The lowest BCUT2D eigenvalue weighted by Crippen LogP contribution is -2.35. The highest BCUT2D eigenvalue weighted by Gasteiger charge is 2.17. The van der Waals surface area contributed by atoms with Crippen molar-refractivity contribution >= 4 is 38.8 Å². The maximum atomic E-state index is 5.62. The van der Waals surface area contributed by atoms with Crippen molar-refractivity contribution in [2.24, 2.45) is 11.7 Å². The molecule has 0 amide bonds. The number of piperidine rings is 1. The fourth-order valence-corrected chi connectivity index (χ4v) is 3.15. The Kier molecular flexibility index (Phi) is 5.19. The molecule has 3 N–H and O–H groups in total. The van der Waals surface area contributed by atoms with Gasteiger partial charge in [-0.05, 0) is 66.5 Å². The molecule has 0 aliphatic carbocycles. The van der Waals surface area contributed by atoms with E-state index in [0.717, 1.165) is 28.2 Å². The molecule has 0 aromatic heterocycles. The summed E-state index contributed by atoms with van der Waals surface area (Å²) in [6, 6.07) is 5.96. The molecule has 2 rings (SSSR count). The Bertz CT molecular complexity index is 464. The van der Waals surface area contributed by atoms with Crippen molar-refractivity contribution in [3.63, 3.8) is 0 Å². The molecule has 1 aliphatic heterocycles. The molecule has 0 saturated carbocycles. The van der Waals surface area contributed by atoms with Gasteiger partial charge in [-0.1, -0.05) is 12.2 Å². The quantitative estimate of drug-likeness (QED) is 0.826. The number of nitrogens with one attached hydrogen (secondary N) is 1. The second-order valence-corrected chi connectivity index (χ2v) is 6.50. The summed E-state index contributed by atoms with van der Waals surface area (Å²) in [7, 11) is 2.19. The second-order valence-electron chi connectivity index (χ2n) is 5.21. The molecular weight excluding hydrogens is 322 g/mol. The smallest absolute Gasteiger partial charge is 0.104 e. The van der Waals surface area contributed by atoms with E-state index < -0.39 is 0 Å². The predicted octanol–water partition coefficient (Wildman–Crippen LogP) is 2.84. The van der Waals surface area contributed by atoms with Crippen LogP contribution in [-0.4, -0.2) is 36.6 Å². The number of hydrogen-bond acceptors (Lipinski definition) is 3. The van der Waals surface area contributed by atoms with Crippen LogP contribution >= 0.6 is 28.1 Å². The maximum Gasteiger partial charge on any atom is 0.104 e. The van der Waals surface area contributed by atoms with Gasteiger partial charge in [0.2, 0.25) is 0 Å². The first kappa shape index (κ1) is 14.8. The number of likely N-dealkylation sites (tertiary alicyclic amines) is 1. The maximum absolute atomic E-state index is 5.62. The van der Waals surface area contributed by atoms with Gasteiger partial charge in [-0.2, -0.15) is 0 Å². The third-order valence-corrected chi connectivity index (χ3v) is 4.45. The topological polar surface area (TPSA) is 41.3 Å². The number of halogens is 1. The molecule has 1 atom stereocenters. The molecule has 1 heterocycles. The molecule has 19 heavy (non-hydrogen) atoms. The van der Waals surface area contributed by atoms with Gasteiger partial charge in [0, 0.05) is 28.8 Å². The Labute approximate surface area is 128 Å². The van der Waals surface area contributed by atoms with Crippen molar-refractivity contribution in [1.82, 2.24) is 4.90 Å². The van der Waals surface area contributed by atoms with E-state index >= 15 is 0 Å². The van der Waals surface area contributed by atoms with Crippen LogP contribution in [0.2, 0.25) is 0 Å². The fraction of sp³-hybridized carbons (Fsp3) is 0.500. The highest BCUT2D eigenvalue weighted by molar-refractivity contribution is 9.10. The number of hydrogen-bond donors (Lipinski definition) is 2. The Balaban J connectivity index is 1.94. The lowest BCUT2D eigenvalue weighted by Gasteiger charge is -2.30. The third kappa shape index (κ3) is 4.16. The molecule has 5 heteroatoms. The summed E-state index contributed by atoms with van der Waals surface area (Å²) in [6.07, 6.45) is 2.60. The molecule has 0 radical (unpaired) electrons. The molecule has 1 aromatic carbocycles. The summed E-state index contributed by atoms with van der Waals surface area (Å²) in [5.41, 5.74) is 7.62. The number of anilines is 1. The minimum Gasteiger partial charge on any atom is -0.389 e. The van der Waals surface area contributed by atoms with E-state index in [1.54, 1.807) is 0 Å². The Morgan fingerprint density at radius 1 is 1.58 bits per heavy atom. The minimum atomic E-state index is 0.432. The van der Waals surface area contributed by atoms with Crippen LogP contribution in [0.1, 0.15) is 18.4 Å². The van der Waals surface area contributed by atoms with Gasteiger partial charge in [-0.3, -0.25) is 0 Å². The van der Waals surface area contributed by atoms with E-state index in [1.807, 2.05) is 18.2 Å². The molecule has 0 spiro atoms. The van der Waals surface area contributed by atoms with Gasteiger partial charge in [0.1, 0.15) is 4.99 Å². The van der Waals surface area contributed by atoms with Crippen molar-refractivity contribution in [1.29, 1.82) is 0 Å². The summed E-state index contributed by atoms with van der Waals surface area (Å²) >= 11 is 8.54. The minimum absolute atomic E-state index is 0.432. The van der Waals surface area contributed by atoms with Gasteiger partial charge in [-0.25, -0.2) is 0 Å². The van der Waals surface area contributed by atoms with Crippen LogP contribution in [0.15, 0.2) is 22.7 Å². The van der Waals surface area contributed by atoms with Gasteiger partial charge < -0.3 is 16.0 Å². The molecule has 0 bridgehead atoms. The first-order valence-corrected chi connectivity index (χ1v) is 7.78. The second kappa shape index (κ2) is 6.68. The zero-order chi connectivity index (χ0) is 13.8. The first-order chi connectivity index (χ1) is 9.06. The van der Waals surface area contributed by atoms with Gasteiger partial charge >= 0.3 is 0 Å². The van der Waals surface area contributed by atoms with E-state index in [9.17, 15) is 0 Å². The van der Waals surface area contributed by atoms with Gasteiger partial charge in [-0.15, -0.1) is 0 Å². The Morgan fingerprint density at radius 3 is 3.00 bits per heavy atom. The van der Waals surface area contributed by atoms with Crippen LogP contribution in [0.25, 0.3) is 0 Å². The Morgan fingerprint density at radius 2 is 2.37 bits per heavy atom. The zero-order valence-corrected chi connectivity index (χ0v) is 13.6. The van der Waals surface area contributed by atoms with Crippen molar-refractivity contribution in [3.8, 4) is 0 Å². The molecule has 1 unspecified atom stereocenters. The van der Waals surface area contributed by atoms with Crippen molar-refractivity contribution in [3.05, 3.63) is 28.2 Å². The van der Waals surface area contributed by atoms with Crippen LogP contribution in [0, 0.1) is 5.92 Å². The average molecular weight is 342 g/mol. The monoisotopic (exact) mass is 341 g/mol. The van der Waals surface area contributed by atoms with Crippen LogP contribution in [0.3, 0.4) is 0 Å². The lowest BCUT2D eigenvalue weighted by molar-refractivity contribution is 0.217. The highest BCUT2D eigenvalue weighted by atomic mass is 79.9. The van der Waals surface area contributed by atoms with E-state index in [4.69, 9.17) is 18.0 Å². The van der Waals surface area contributed by atoms with Gasteiger partial charge in [0.05, 0.1) is 0 Å².